The Bertz CT molecular complexity index is 374. The third-order valence-corrected chi connectivity index (χ3v) is 2.64. The highest BCUT2D eigenvalue weighted by Gasteiger charge is 2.26. The Hall–Kier alpha value is -0.870. The van der Waals surface area contributed by atoms with Crippen LogP contribution in [0, 0.1) is 5.92 Å². The molecule has 1 atom stereocenters. The van der Waals surface area contributed by atoms with E-state index in [1.165, 1.54) is 6.20 Å². The number of ketones is 1. The molecule has 1 N–H and O–H groups in total. The molecule has 5 heteroatoms. The summed E-state index contributed by atoms with van der Waals surface area (Å²) in [5.74, 6) is -0.487. The third kappa shape index (κ3) is 2.62. The predicted octanol–water partition coefficient (Wildman–Crippen LogP) is 2.15. The summed E-state index contributed by atoms with van der Waals surface area (Å²) in [6, 6.07) is 0. The molecule has 1 aromatic heterocycles. The predicted molar refractivity (Wildman–Crippen MR) is 62.7 cm³/mol. The summed E-state index contributed by atoms with van der Waals surface area (Å²) < 4.78 is 1.55. The van der Waals surface area contributed by atoms with E-state index in [0.29, 0.717) is 17.3 Å². The van der Waals surface area contributed by atoms with Crippen LogP contribution in [0.2, 0.25) is 5.02 Å². The fourth-order valence-corrected chi connectivity index (χ4v) is 1.67. The van der Waals surface area contributed by atoms with E-state index in [0.717, 1.165) is 6.42 Å². The summed E-state index contributed by atoms with van der Waals surface area (Å²) in [4.78, 5) is 12.0. The van der Waals surface area contributed by atoms with E-state index in [1.807, 2.05) is 6.92 Å². The highest BCUT2D eigenvalue weighted by atomic mass is 35.5. The van der Waals surface area contributed by atoms with Crippen molar-refractivity contribution in [2.24, 2.45) is 5.92 Å². The lowest BCUT2D eigenvalue weighted by Crippen LogP contribution is -2.28. The van der Waals surface area contributed by atoms with Crippen LogP contribution in [0.15, 0.2) is 6.20 Å². The van der Waals surface area contributed by atoms with Crippen molar-refractivity contribution in [3.8, 4) is 0 Å². The van der Waals surface area contributed by atoms with E-state index in [9.17, 15) is 9.90 Å². The Morgan fingerprint density at radius 3 is 2.75 bits per heavy atom. The van der Waals surface area contributed by atoms with E-state index < -0.39 is 6.10 Å². The first-order valence-electron chi connectivity index (χ1n) is 5.42. The molecule has 90 valence electrons. The molecule has 1 rings (SSSR count). The van der Waals surface area contributed by atoms with E-state index in [2.05, 4.69) is 5.10 Å². The van der Waals surface area contributed by atoms with Gasteiger partial charge in [0.05, 0.1) is 11.2 Å². The number of rotatable bonds is 5. The number of carbonyl (C=O) groups is 1. The molecule has 0 saturated carbocycles. The number of aliphatic hydroxyl groups is 1. The lowest BCUT2D eigenvalue weighted by atomic mass is 10.0. The number of halogens is 1. The van der Waals surface area contributed by atoms with Crippen LogP contribution in [0.25, 0.3) is 0 Å². The summed E-state index contributed by atoms with van der Waals surface area (Å²) in [7, 11) is 0. The first-order chi connectivity index (χ1) is 7.49. The molecular formula is C11H17ClN2O2. The molecule has 0 saturated heterocycles. The summed E-state index contributed by atoms with van der Waals surface area (Å²) in [6.45, 7) is 6.19. The number of aromatic nitrogens is 2. The van der Waals surface area contributed by atoms with Gasteiger partial charge in [0.25, 0.3) is 0 Å². The smallest absolute Gasteiger partial charge is 0.211 e. The average Bonchev–Trinajstić information content (AvgIpc) is 2.58. The average molecular weight is 245 g/mol. The molecule has 1 heterocycles. The third-order valence-electron chi connectivity index (χ3n) is 2.36. The molecule has 0 aromatic carbocycles. The van der Waals surface area contributed by atoms with Gasteiger partial charge in [-0.05, 0) is 12.3 Å². The summed E-state index contributed by atoms with van der Waals surface area (Å²) >= 11 is 5.91. The van der Waals surface area contributed by atoms with Gasteiger partial charge in [-0.15, -0.1) is 0 Å². The number of aliphatic hydroxyl groups excluding tert-OH is 1. The molecule has 0 bridgehead atoms. The van der Waals surface area contributed by atoms with Crippen molar-refractivity contribution in [3.05, 3.63) is 16.9 Å². The van der Waals surface area contributed by atoms with Crippen molar-refractivity contribution >= 4 is 17.4 Å². The first-order valence-corrected chi connectivity index (χ1v) is 5.80. The molecule has 16 heavy (non-hydrogen) atoms. The van der Waals surface area contributed by atoms with Crippen LogP contribution in [0.1, 0.15) is 37.7 Å². The SMILES string of the molecule is CCCn1ncc(Cl)c1C(=O)C(O)C(C)C. The van der Waals surface area contributed by atoms with Crippen LogP contribution in [-0.4, -0.2) is 26.8 Å². The minimum absolute atomic E-state index is 0.131. The van der Waals surface area contributed by atoms with Crippen LogP contribution in [-0.2, 0) is 6.54 Å². The van der Waals surface area contributed by atoms with Gasteiger partial charge in [0, 0.05) is 6.54 Å². The zero-order valence-corrected chi connectivity index (χ0v) is 10.5. The Labute approximate surface area is 100 Å². The molecule has 0 aliphatic rings. The molecule has 1 unspecified atom stereocenters. The van der Waals surface area contributed by atoms with E-state index in [4.69, 9.17) is 11.6 Å². The van der Waals surface area contributed by atoms with Gasteiger partial charge in [-0.25, -0.2) is 0 Å². The number of nitrogens with zero attached hydrogens (tertiary/aromatic N) is 2. The normalized spacial score (nSPS) is 13.1. The zero-order valence-electron chi connectivity index (χ0n) is 9.77. The van der Waals surface area contributed by atoms with Crippen molar-refractivity contribution in [1.29, 1.82) is 0 Å². The Kier molecular flexibility index (Phi) is 4.50. The van der Waals surface area contributed by atoms with Crippen molar-refractivity contribution in [1.82, 2.24) is 9.78 Å². The van der Waals surface area contributed by atoms with E-state index in [-0.39, 0.29) is 11.7 Å². The Morgan fingerprint density at radius 1 is 1.62 bits per heavy atom. The minimum Gasteiger partial charge on any atom is -0.385 e. The summed E-state index contributed by atoms with van der Waals surface area (Å²) in [6.07, 6.45) is 1.28. The summed E-state index contributed by atoms with van der Waals surface area (Å²) in [5.41, 5.74) is 0.310. The molecule has 1 aromatic rings. The number of aryl methyl sites for hydroxylation is 1. The van der Waals surface area contributed by atoms with Gasteiger partial charge in [-0.2, -0.15) is 5.10 Å². The van der Waals surface area contributed by atoms with Crippen LogP contribution in [0.4, 0.5) is 0 Å². The van der Waals surface area contributed by atoms with Crippen molar-refractivity contribution in [3.63, 3.8) is 0 Å². The fraction of sp³-hybridized carbons (Fsp3) is 0.636. The first kappa shape index (κ1) is 13.2. The van der Waals surface area contributed by atoms with Crippen molar-refractivity contribution < 1.29 is 9.90 Å². The molecule has 0 amide bonds. The largest absolute Gasteiger partial charge is 0.385 e. The molecule has 0 spiro atoms. The van der Waals surface area contributed by atoms with Gasteiger partial charge in [-0.1, -0.05) is 32.4 Å². The number of hydrogen-bond donors (Lipinski definition) is 1. The summed E-state index contributed by atoms with van der Waals surface area (Å²) in [5, 5.41) is 14.1. The second-order valence-corrected chi connectivity index (χ2v) is 4.52. The van der Waals surface area contributed by atoms with E-state index >= 15 is 0 Å². The number of hydrogen-bond acceptors (Lipinski definition) is 3. The monoisotopic (exact) mass is 244 g/mol. The zero-order chi connectivity index (χ0) is 12.3. The van der Waals surface area contributed by atoms with Crippen molar-refractivity contribution in [2.75, 3.05) is 0 Å². The van der Waals surface area contributed by atoms with E-state index in [1.54, 1.807) is 18.5 Å². The van der Waals surface area contributed by atoms with Gasteiger partial charge in [-0.3, -0.25) is 9.48 Å². The number of Topliss-reactive ketones (excluding diaryl/α,β-unsaturated/α-hetero) is 1. The Morgan fingerprint density at radius 2 is 2.25 bits per heavy atom. The Balaban J connectivity index is 3.02. The van der Waals surface area contributed by atoms with Gasteiger partial charge >= 0.3 is 0 Å². The topological polar surface area (TPSA) is 55.1 Å². The standard InChI is InChI=1S/C11H17ClN2O2/c1-4-5-14-9(8(12)6-13-14)11(16)10(15)7(2)3/h6-7,10,15H,4-5H2,1-3H3. The lowest BCUT2D eigenvalue weighted by Gasteiger charge is -2.14. The quantitative estimate of drug-likeness (QED) is 0.808. The maximum Gasteiger partial charge on any atom is 0.211 e. The number of carbonyl (C=O) groups excluding carboxylic acids is 1. The van der Waals surface area contributed by atoms with Crippen molar-refractivity contribution in [2.45, 2.75) is 39.8 Å². The molecule has 0 aliphatic heterocycles. The van der Waals surface area contributed by atoms with Crippen LogP contribution in [0.3, 0.4) is 0 Å². The second-order valence-electron chi connectivity index (χ2n) is 4.12. The molecule has 0 aliphatic carbocycles. The fourth-order valence-electron chi connectivity index (χ4n) is 1.43. The second kappa shape index (κ2) is 5.46. The maximum atomic E-state index is 12.0. The molecular weight excluding hydrogens is 228 g/mol. The molecule has 4 nitrogen and oxygen atoms in total. The molecule has 0 fully saturated rings. The minimum atomic E-state index is -1.02. The van der Waals surface area contributed by atoms with Crippen LogP contribution < -0.4 is 0 Å². The van der Waals surface area contributed by atoms with Gasteiger partial charge in [0.2, 0.25) is 5.78 Å². The van der Waals surface area contributed by atoms with Gasteiger partial charge in [0.1, 0.15) is 11.8 Å². The van der Waals surface area contributed by atoms with Crippen LogP contribution in [0.5, 0.6) is 0 Å². The van der Waals surface area contributed by atoms with Crippen LogP contribution >= 0.6 is 11.6 Å². The highest BCUT2D eigenvalue weighted by Crippen LogP contribution is 2.19. The highest BCUT2D eigenvalue weighted by molar-refractivity contribution is 6.33. The molecule has 0 radical (unpaired) electrons. The maximum absolute atomic E-state index is 12.0. The van der Waals surface area contributed by atoms with Gasteiger partial charge < -0.3 is 5.11 Å². The van der Waals surface area contributed by atoms with Gasteiger partial charge in [0.15, 0.2) is 0 Å². The lowest BCUT2D eigenvalue weighted by molar-refractivity contribution is 0.0636.